The van der Waals surface area contributed by atoms with Gasteiger partial charge in [-0.25, -0.2) is 9.97 Å². The first kappa shape index (κ1) is 18.5. The summed E-state index contributed by atoms with van der Waals surface area (Å²) < 4.78 is 37.8. The smallest absolute Gasteiger partial charge is 0.356 e. The Morgan fingerprint density at radius 2 is 1.89 bits per heavy atom. The van der Waals surface area contributed by atoms with Crippen LogP contribution in [0.3, 0.4) is 0 Å². The predicted molar refractivity (Wildman–Crippen MR) is 98.7 cm³/mol. The van der Waals surface area contributed by atoms with E-state index >= 15 is 0 Å². The number of piperidine rings is 1. The maximum atomic E-state index is 12.6. The van der Waals surface area contributed by atoms with Crippen molar-refractivity contribution >= 4 is 16.9 Å². The van der Waals surface area contributed by atoms with E-state index in [-0.39, 0.29) is 5.41 Å². The van der Waals surface area contributed by atoms with Gasteiger partial charge >= 0.3 is 6.18 Å². The molecule has 0 bridgehead atoms. The molecular formula is C19H26F3N5. The lowest BCUT2D eigenvalue weighted by atomic mass is 9.66. The number of aromatic amines is 1. The minimum Gasteiger partial charge on any atom is -0.356 e. The topological polar surface area (TPSA) is 48.1 Å². The molecule has 0 aromatic carbocycles. The average molecular weight is 381 g/mol. The normalized spacial score (nSPS) is 21.8. The minimum atomic E-state index is -4.09. The molecule has 5 nitrogen and oxygen atoms in total. The van der Waals surface area contributed by atoms with Gasteiger partial charge in [0.1, 0.15) is 17.8 Å². The molecule has 1 saturated carbocycles. The van der Waals surface area contributed by atoms with Gasteiger partial charge in [0.2, 0.25) is 0 Å². The first-order chi connectivity index (χ1) is 12.9. The van der Waals surface area contributed by atoms with Gasteiger partial charge in [0, 0.05) is 19.3 Å². The highest BCUT2D eigenvalue weighted by Crippen LogP contribution is 2.46. The molecule has 0 unspecified atom stereocenters. The Hall–Kier alpha value is -1.83. The predicted octanol–water partition coefficient (Wildman–Crippen LogP) is 3.98. The molecule has 0 atom stereocenters. The summed E-state index contributed by atoms with van der Waals surface area (Å²) >= 11 is 0. The van der Waals surface area contributed by atoms with Crippen LogP contribution in [0.4, 0.5) is 19.0 Å². The van der Waals surface area contributed by atoms with Crippen LogP contribution in [-0.4, -0.2) is 58.8 Å². The molecule has 2 fully saturated rings. The average Bonchev–Trinajstić information content (AvgIpc) is 3.12. The molecular weight excluding hydrogens is 355 g/mol. The van der Waals surface area contributed by atoms with E-state index in [2.05, 4.69) is 26.9 Å². The standard InChI is InChI=1S/C19H26F3N5/c1-26(17-15-4-9-23-16(15)24-13-25-17)14-2-5-18(6-3-14)7-10-27(11-8-18)12-19(20,21)22/h4,9,13-14H,2-3,5-8,10-12H2,1H3,(H,23,24,25). The van der Waals surface area contributed by atoms with E-state index in [1.807, 2.05) is 12.3 Å². The van der Waals surface area contributed by atoms with Crippen LogP contribution in [0.5, 0.6) is 0 Å². The van der Waals surface area contributed by atoms with Crippen molar-refractivity contribution in [2.45, 2.75) is 50.7 Å². The third-order valence-electron chi connectivity index (χ3n) is 6.55. The number of likely N-dealkylation sites (tertiary alicyclic amines) is 1. The van der Waals surface area contributed by atoms with E-state index in [1.165, 1.54) is 0 Å². The summed E-state index contributed by atoms with van der Waals surface area (Å²) in [6, 6.07) is 2.42. The summed E-state index contributed by atoms with van der Waals surface area (Å²) in [5.41, 5.74) is 1.07. The van der Waals surface area contributed by atoms with Crippen LogP contribution in [0.15, 0.2) is 18.6 Å². The number of H-pyrrole nitrogens is 1. The Morgan fingerprint density at radius 3 is 2.56 bits per heavy atom. The Bertz CT molecular complexity index is 769. The van der Waals surface area contributed by atoms with E-state index in [9.17, 15) is 13.2 Å². The van der Waals surface area contributed by atoms with Crippen molar-refractivity contribution < 1.29 is 13.2 Å². The van der Waals surface area contributed by atoms with Crippen molar-refractivity contribution in [3.8, 4) is 0 Å². The monoisotopic (exact) mass is 381 g/mol. The molecule has 0 amide bonds. The number of hydrogen-bond acceptors (Lipinski definition) is 4. The van der Waals surface area contributed by atoms with Gasteiger partial charge in [-0.05, 0) is 63.1 Å². The minimum absolute atomic E-state index is 0.231. The fourth-order valence-corrected chi connectivity index (χ4v) is 4.85. The van der Waals surface area contributed by atoms with E-state index in [4.69, 9.17) is 0 Å². The quantitative estimate of drug-likeness (QED) is 0.874. The van der Waals surface area contributed by atoms with E-state index < -0.39 is 12.7 Å². The summed E-state index contributed by atoms with van der Waals surface area (Å²) in [7, 11) is 2.09. The first-order valence-corrected chi connectivity index (χ1v) is 9.65. The molecule has 2 aliphatic rings. The zero-order valence-electron chi connectivity index (χ0n) is 15.6. The van der Waals surface area contributed by atoms with Crippen LogP contribution < -0.4 is 4.90 Å². The maximum absolute atomic E-state index is 12.6. The molecule has 3 heterocycles. The van der Waals surface area contributed by atoms with Gasteiger partial charge in [-0.3, -0.25) is 4.90 Å². The third kappa shape index (κ3) is 3.90. The molecule has 2 aromatic rings. The molecule has 1 N–H and O–H groups in total. The van der Waals surface area contributed by atoms with E-state index in [0.29, 0.717) is 19.1 Å². The summed E-state index contributed by atoms with van der Waals surface area (Å²) in [5, 5.41) is 1.03. The highest BCUT2D eigenvalue weighted by molar-refractivity contribution is 5.87. The van der Waals surface area contributed by atoms with Gasteiger partial charge in [-0.1, -0.05) is 0 Å². The van der Waals surface area contributed by atoms with E-state index in [1.54, 1.807) is 11.2 Å². The fourth-order valence-electron chi connectivity index (χ4n) is 4.85. The fraction of sp³-hybridized carbons (Fsp3) is 0.684. The number of anilines is 1. The molecule has 1 aliphatic heterocycles. The van der Waals surface area contributed by atoms with Crippen molar-refractivity contribution in [1.82, 2.24) is 19.9 Å². The lowest BCUT2D eigenvalue weighted by Gasteiger charge is -2.47. The van der Waals surface area contributed by atoms with Crippen LogP contribution in [0.2, 0.25) is 0 Å². The summed E-state index contributed by atoms with van der Waals surface area (Å²) in [5.74, 6) is 0.946. The SMILES string of the molecule is CN(c1ncnc2[nH]ccc12)C1CCC2(CC1)CCN(CC(F)(F)F)CC2. The van der Waals surface area contributed by atoms with Crippen LogP contribution in [0.1, 0.15) is 38.5 Å². The van der Waals surface area contributed by atoms with Gasteiger partial charge in [0.25, 0.3) is 0 Å². The zero-order chi connectivity index (χ0) is 19.1. The Morgan fingerprint density at radius 1 is 1.19 bits per heavy atom. The zero-order valence-corrected chi connectivity index (χ0v) is 15.6. The van der Waals surface area contributed by atoms with Crippen molar-refractivity contribution in [2.24, 2.45) is 5.41 Å². The van der Waals surface area contributed by atoms with Gasteiger partial charge in [0.05, 0.1) is 11.9 Å². The molecule has 4 rings (SSSR count). The number of rotatable bonds is 3. The maximum Gasteiger partial charge on any atom is 0.401 e. The molecule has 1 saturated heterocycles. The number of nitrogens with one attached hydrogen (secondary N) is 1. The number of hydrogen-bond donors (Lipinski definition) is 1. The molecule has 148 valence electrons. The molecule has 1 aliphatic carbocycles. The van der Waals surface area contributed by atoms with Crippen molar-refractivity contribution in [2.75, 3.05) is 31.6 Å². The second-order valence-corrected chi connectivity index (χ2v) is 8.17. The Balaban J connectivity index is 1.36. The molecule has 8 heteroatoms. The lowest BCUT2D eigenvalue weighted by Crippen LogP contribution is -2.47. The van der Waals surface area contributed by atoms with Crippen LogP contribution in [-0.2, 0) is 0 Å². The first-order valence-electron chi connectivity index (χ1n) is 9.65. The Kier molecular flexibility index (Phi) is 4.78. The number of aromatic nitrogens is 3. The van der Waals surface area contributed by atoms with Crippen LogP contribution >= 0.6 is 0 Å². The largest absolute Gasteiger partial charge is 0.401 e. The van der Waals surface area contributed by atoms with Gasteiger partial charge in [0.15, 0.2) is 0 Å². The number of fused-ring (bicyclic) bond motifs is 1. The highest BCUT2D eigenvalue weighted by atomic mass is 19.4. The second kappa shape index (κ2) is 6.96. The Labute approximate surface area is 157 Å². The summed E-state index contributed by atoms with van der Waals surface area (Å²) in [6.07, 6.45) is 5.44. The van der Waals surface area contributed by atoms with E-state index in [0.717, 1.165) is 55.4 Å². The summed E-state index contributed by atoms with van der Waals surface area (Å²) in [6.45, 7) is 0.362. The number of halogens is 3. The molecule has 27 heavy (non-hydrogen) atoms. The van der Waals surface area contributed by atoms with Crippen molar-refractivity contribution in [3.63, 3.8) is 0 Å². The lowest BCUT2D eigenvalue weighted by molar-refractivity contribution is -0.151. The second-order valence-electron chi connectivity index (χ2n) is 8.17. The van der Waals surface area contributed by atoms with Gasteiger partial charge in [-0.15, -0.1) is 0 Å². The molecule has 0 radical (unpaired) electrons. The van der Waals surface area contributed by atoms with Crippen molar-refractivity contribution in [3.05, 3.63) is 18.6 Å². The highest BCUT2D eigenvalue weighted by Gasteiger charge is 2.41. The van der Waals surface area contributed by atoms with Gasteiger partial charge in [-0.2, -0.15) is 13.2 Å². The van der Waals surface area contributed by atoms with Gasteiger partial charge < -0.3 is 9.88 Å². The molecule has 2 aromatic heterocycles. The number of alkyl halides is 3. The number of nitrogens with zero attached hydrogens (tertiary/aromatic N) is 4. The molecule has 1 spiro atoms. The van der Waals surface area contributed by atoms with Crippen LogP contribution in [0, 0.1) is 5.41 Å². The third-order valence-corrected chi connectivity index (χ3v) is 6.55. The van der Waals surface area contributed by atoms with Crippen molar-refractivity contribution in [1.29, 1.82) is 0 Å². The van der Waals surface area contributed by atoms with Crippen LogP contribution in [0.25, 0.3) is 11.0 Å². The summed E-state index contributed by atoms with van der Waals surface area (Å²) in [4.78, 5) is 15.7.